The molecule has 3 rings (SSSR count). The lowest BCUT2D eigenvalue weighted by atomic mass is 10.1. The number of halogens is 1. The topological polar surface area (TPSA) is 58.1 Å². The molecule has 2 aromatic carbocycles. The number of hydrogen-bond acceptors (Lipinski definition) is 4. The predicted molar refractivity (Wildman–Crippen MR) is 119 cm³/mol. The number of nitrogens with one attached hydrogen (secondary N) is 2. The Morgan fingerprint density at radius 1 is 1.17 bits per heavy atom. The summed E-state index contributed by atoms with van der Waals surface area (Å²) in [7, 11) is 0. The van der Waals surface area contributed by atoms with Gasteiger partial charge in [0, 0.05) is 31.4 Å². The maximum Gasteiger partial charge on any atom is 0.191 e. The summed E-state index contributed by atoms with van der Waals surface area (Å²) >= 11 is 0. The van der Waals surface area contributed by atoms with Crippen molar-refractivity contribution in [3.63, 3.8) is 0 Å². The van der Waals surface area contributed by atoms with E-state index in [0.29, 0.717) is 18.8 Å². The van der Waals surface area contributed by atoms with Crippen LogP contribution in [0.2, 0.25) is 0 Å². The molecule has 6 nitrogen and oxygen atoms in total. The molecular weight excluding hydrogens is 383 g/mol. The van der Waals surface area contributed by atoms with Crippen molar-refractivity contribution in [2.45, 2.75) is 26.5 Å². The lowest BCUT2D eigenvalue weighted by molar-refractivity contribution is 0.122. The summed E-state index contributed by atoms with van der Waals surface area (Å²) in [4.78, 5) is 7.10. The Hall–Kier alpha value is -2.80. The molecule has 1 heterocycles. The van der Waals surface area contributed by atoms with E-state index in [4.69, 9.17) is 14.5 Å². The lowest BCUT2D eigenvalue weighted by Gasteiger charge is -2.30. The molecule has 0 saturated carbocycles. The van der Waals surface area contributed by atoms with Crippen molar-refractivity contribution >= 4 is 11.6 Å². The molecule has 1 fully saturated rings. The minimum absolute atomic E-state index is 0.142. The molecule has 1 aliphatic heterocycles. The zero-order chi connectivity index (χ0) is 21.2. The lowest BCUT2D eigenvalue weighted by Crippen LogP contribution is -2.41. The number of ether oxygens (including phenoxy) is 2. The molecule has 0 aliphatic carbocycles. The van der Waals surface area contributed by atoms with E-state index in [1.54, 1.807) is 12.1 Å². The number of aliphatic imine (C=N–C) groups is 1. The summed E-state index contributed by atoms with van der Waals surface area (Å²) in [6.45, 7) is 9.16. The van der Waals surface area contributed by atoms with Gasteiger partial charge in [0.25, 0.3) is 0 Å². The highest BCUT2D eigenvalue weighted by molar-refractivity contribution is 5.79. The quantitative estimate of drug-likeness (QED) is 0.513. The van der Waals surface area contributed by atoms with Gasteiger partial charge in [-0.1, -0.05) is 24.3 Å². The van der Waals surface area contributed by atoms with Gasteiger partial charge in [0.2, 0.25) is 0 Å². The van der Waals surface area contributed by atoms with Crippen molar-refractivity contribution in [2.75, 3.05) is 44.3 Å². The Labute approximate surface area is 178 Å². The second-order valence-corrected chi connectivity index (χ2v) is 7.19. The SMILES string of the molecule is CCNC(=NCc1ccccc1N1CCOCC1)NCC(C)Oc1cccc(F)c1. The summed E-state index contributed by atoms with van der Waals surface area (Å²) < 4.78 is 24.6. The minimum atomic E-state index is -0.304. The van der Waals surface area contributed by atoms with Gasteiger partial charge in [0.15, 0.2) is 5.96 Å². The average Bonchev–Trinajstić information content (AvgIpc) is 2.76. The number of morpholine rings is 1. The van der Waals surface area contributed by atoms with E-state index < -0.39 is 0 Å². The number of para-hydroxylation sites is 1. The number of benzene rings is 2. The highest BCUT2D eigenvalue weighted by Gasteiger charge is 2.14. The van der Waals surface area contributed by atoms with E-state index in [0.717, 1.165) is 38.8 Å². The summed E-state index contributed by atoms with van der Waals surface area (Å²) in [6.07, 6.45) is -0.142. The molecule has 1 atom stereocenters. The fourth-order valence-electron chi connectivity index (χ4n) is 3.32. The van der Waals surface area contributed by atoms with Gasteiger partial charge in [-0.25, -0.2) is 9.38 Å². The Morgan fingerprint density at radius 3 is 2.73 bits per heavy atom. The van der Waals surface area contributed by atoms with Crippen molar-refractivity contribution in [3.8, 4) is 5.75 Å². The third-order valence-electron chi connectivity index (χ3n) is 4.79. The predicted octanol–water partition coefficient (Wildman–Crippen LogP) is 3.18. The zero-order valence-corrected chi connectivity index (χ0v) is 17.7. The molecule has 1 unspecified atom stereocenters. The van der Waals surface area contributed by atoms with E-state index >= 15 is 0 Å². The highest BCUT2D eigenvalue weighted by atomic mass is 19.1. The van der Waals surface area contributed by atoms with Gasteiger partial charge < -0.3 is 25.0 Å². The molecule has 30 heavy (non-hydrogen) atoms. The summed E-state index contributed by atoms with van der Waals surface area (Å²) in [5.41, 5.74) is 2.39. The maximum atomic E-state index is 13.3. The van der Waals surface area contributed by atoms with Crippen LogP contribution in [0.25, 0.3) is 0 Å². The number of anilines is 1. The van der Waals surface area contributed by atoms with Gasteiger partial charge in [-0.2, -0.15) is 0 Å². The summed E-state index contributed by atoms with van der Waals surface area (Å²) in [6, 6.07) is 14.6. The second-order valence-electron chi connectivity index (χ2n) is 7.19. The first-order chi connectivity index (χ1) is 14.7. The van der Waals surface area contributed by atoms with Crippen LogP contribution < -0.4 is 20.3 Å². The van der Waals surface area contributed by atoms with Gasteiger partial charge in [0.05, 0.1) is 26.3 Å². The molecule has 1 aliphatic rings. The van der Waals surface area contributed by atoms with Crippen LogP contribution in [0.15, 0.2) is 53.5 Å². The molecule has 1 saturated heterocycles. The molecule has 2 N–H and O–H groups in total. The van der Waals surface area contributed by atoms with Crippen LogP contribution in [-0.4, -0.2) is 51.5 Å². The third-order valence-corrected chi connectivity index (χ3v) is 4.79. The van der Waals surface area contributed by atoms with Crippen molar-refractivity contribution in [2.24, 2.45) is 4.99 Å². The molecule has 0 amide bonds. The Morgan fingerprint density at radius 2 is 1.97 bits per heavy atom. The zero-order valence-electron chi connectivity index (χ0n) is 17.7. The van der Waals surface area contributed by atoms with Crippen molar-refractivity contribution < 1.29 is 13.9 Å². The minimum Gasteiger partial charge on any atom is -0.489 e. The van der Waals surface area contributed by atoms with Gasteiger partial charge in [0.1, 0.15) is 17.7 Å². The Kier molecular flexibility index (Phi) is 8.32. The first-order valence-electron chi connectivity index (χ1n) is 10.5. The van der Waals surface area contributed by atoms with E-state index in [1.165, 1.54) is 23.4 Å². The normalized spacial score (nSPS) is 15.6. The molecule has 162 valence electrons. The molecule has 7 heteroatoms. The summed E-state index contributed by atoms with van der Waals surface area (Å²) in [5, 5.41) is 6.58. The van der Waals surface area contributed by atoms with E-state index in [1.807, 2.05) is 19.9 Å². The van der Waals surface area contributed by atoms with Gasteiger partial charge in [-0.3, -0.25) is 0 Å². The standard InChI is InChI=1S/C23H31FN4O2/c1-3-25-23(26-16-18(2)30-21-9-6-8-20(24)15-21)27-17-19-7-4-5-10-22(19)28-11-13-29-14-12-28/h4-10,15,18H,3,11-14,16-17H2,1-2H3,(H2,25,26,27). The summed E-state index contributed by atoms with van der Waals surface area (Å²) in [5.74, 6) is 0.941. The number of hydrogen-bond donors (Lipinski definition) is 2. The Bertz CT molecular complexity index is 824. The molecule has 0 aromatic heterocycles. The largest absolute Gasteiger partial charge is 0.489 e. The van der Waals surface area contributed by atoms with Crippen LogP contribution >= 0.6 is 0 Å². The van der Waals surface area contributed by atoms with Crippen LogP contribution in [-0.2, 0) is 11.3 Å². The first kappa shape index (κ1) is 21.9. The fourth-order valence-corrected chi connectivity index (χ4v) is 3.32. The van der Waals surface area contributed by atoms with Gasteiger partial charge in [-0.15, -0.1) is 0 Å². The molecular formula is C23H31FN4O2. The van der Waals surface area contributed by atoms with Crippen molar-refractivity contribution in [1.29, 1.82) is 0 Å². The Balaban J connectivity index is 1.59. The molecule has 0 spiro atoms. The average molecular weight is 415 g/mol. The first-order valence-corrected chi connectivity index (χ1v) is 10.5. The van der Waals surface area contributed by atoms with E-state index in [-0.39, 0.29) is 11.9 Å². The number of rotatable bonds is 8. The molecule has 0 radical (unpaired) electrons. The smallest absolute Gasteiger partial charge is 0.191 e. The second kappa shape index (κ2) is 11.4. The van der Waals surface area contributed by atoms with Gasteiger partial charge >= 0.3 is 0 Å². The fraction of sp³-hybridized carbons (Fsp3) is 0.435. The van der Waals surface area contributed by atoms with E-state index in [2.05, 4.69) is 33.7 Å². The number of guanidine groups is 1. The van der Waals surface area contributed by atoms with Crippen LogP contribution in [0, 0.1) is 5.82 Å². The van der Waals surface area contributed by atoms with Crippen LogP contribution in [0.1, 0.15) is 19.4 Å². The van der Waals surface area contributed by atoms with E-state index in [9.17, 15) is 4.39 Å². The van der Waals surface area contributed by atoms with Crippen LogP contribution in [0.3, 0.4) is 0 Å². The highest BCUT2D eigenvalue weighted by Crippen LogP contribution is 2.22. The van der Waals surface area contributed by atoms with Gasteiger partial charge in [-0.05, 0) is 37.6 Å². The number of nitrogens with zero attached hydrogens (tertiary/aromatic N) is 2. The monoisotopic (exact) mass is 414 g/mol. The van der Waals surface area contributed by atoms with Crippen molar-refractivity contribution in [1.82, 2.24) is 10.6 Å². The maximum absolute atomic E-state index is 13.3. The van der Waals surface area contributed by atoms with Crippen molar-refractivity contribution in [3.05, 3.63) is 59.9 Å². The van der Waals surface area contributed by atoms with Crippen LogP contribution in [0.4, 0.5) is 10.1 Å². The third kappa shape index (κ3) is 6.62. The molecule has 2 aromatic rings. The molecule has 0 bridgehead atoms. The van der Waals surface area contributed by atoms with Crippen LogP contribution in [0.5, 0.6) is 5.75 Å².